The number of morpholine rings is 1. The van der Waals surface area contributed by atoms with Crippen molar-refractivity contribution >= 4 is 24.4 Å². The molecule has 0 aromatic heterocycles. The number of rotatable bonds is 6. The summed E-state index contributed by atoms with van der Waals surface area (Å²) < 4.78 is 5.20. The fourth-order valence-corrected chi connectivity index (χ4v) is 2.68. The predicted molar refractivity (Wildman–Crippen MR) is 75.2 cm³/mol. The van der Waals surface area contributed by atoms with Crippen LogP contribution in [0.2, 0.25) is 0 Å². The molecule has 2 amide bonds. The number of carbonyl (C=O) groups excluding carboxylic acids is 2. The molecule has 1 N–H and O–H groups in total. The molecule has 2 rings (SSSR count). The molecule has 19 heavy (non-hydrogen) atoms. The normalized spacial score (nSPS) is 21.0. The number of nitrogens with zero attached hydrogens (tertiary/aromatic N) is 1. The summed E-state index contributed by atoms with van der Waals surface area (Å²) in [5, 5.41) is 2.83. The van der Waals surface area contributed by atoms with E-state index in [2.05, 4.69) is 17.9 Å². The molecule has 0 atom stereocenters. The molecule has 2 aliphatic rings. The number of hydrogen-bond donors (Lipinski definition) is 2. The van der Waals surface area contributed by atoms with Crippen LogP contribution in [0.25, 0.3) is 0 Å². The van der Waals surface area contributed by atoms with Crippen LogP contribution in [0.15, 0.2) is 0 Å². The Balaban J connectivity index is 1.60. The minimum atomic E-state index is 0.0429. The zero-order chi connectivity index (χ0) is 13.7. The SMILES string of the molecule is O=C(CC1(CS)CC1)NCCC(=O)N1CCOCC1. The monoisotopic (exact) mass is 286 g/mol. The van der Waals surface area contributed by atoms with Gasteiger partial charge in [-0.1, -0.05) is 0 Å². The first-order valence-electron chi connectivity index (χ1n) is 6.88. The van der Waals surface area contributed by atoms with E-state index in [-0.39, 0.29) is 17.2 Å². The molecule has 1 heterocycles. The van der Waals surface area contributed by atoms with Crippen molar-refractivity contribution in [2.75, 3.05) is 38.6 Å². The number of hydrogen-bond acceptors (Lipinski definition) is 4. The van der Waals surface area contributed by atoms with Crippen LogP contribution < -0.4 is 5.32 Å². The Hall–Kier alpha value is -0.750. The Labute approximate surface area is 119 Å². The van der Waals surface area contributed by atoms with Gasteiger partial charge in [0.1, 0.15) is 0 Å². The van der Waals surface area contributed by atoms with E-state index in [1.54, 1.807) is 4.90 Å². The summed E-state index contributed by atoms with van der Waals surface area (Å²) in [7, 11) is 0. The molecule has 0 aromatic rings. The van der Waals surface area contributed by atoms with Gasteiger partial charge >= 0.3 is 0 Å². The lowest BCUT2D eigenvalue weighted by Crippen LogP contribution is -2.42. The second kappa shape index (κ2) is 6.61. The molecule has 1 saturated carbocycles. The third-order valence-corrected chi connectivity index (χ3v) is 4.52. The van der Waals surface area contributed by atoms with Gasteiger partial charge in [-0.3, -0.25) is 9.59 Å². The molecule has 2 fully saturated rings. The summed E-state index contributed by atoms with van der Waals surface area (Å²) in [5.41, 5.74) is 0.140. The van der Waals surface area contributed by atoms with Gasteiger partial charge < -0.3 is 15.0 Å². The van der Waals surface area contributed by atoms with E-state index in [0.29, 0.717) is 45.7 Å². The predicted octanol–water partition coefficient (Wildman–Crippen LogP) is 0.452. The van der Waals surface area contributed by atoms with Crippen LogP contribution in [0.3, 0.4) is 0 Å². The molecule has 1 aliphatic heterocycles. The highest BCUT2D eigenvalue weighted by molar-refractivity contribution is 7.80. The van der Waals surface area contributed by atoms with Crippen LogP contribution in [-0.4, -0.2) is 55.3 Å². The van der Waals surface area contributed by atoms with E-state index in [1.165, 1.54) is 0 Å². The maximum atomic E-state index is 11.8. The molecular weight excluding hydrogens is 264 g/mol. The van der Waals surface area contributed by atoms with Crippen molar-refractivity contribution in [2.45, 2.75) is 25.7 Å². The molecule has 0 bridgehead atoms. The first-order chi connectivity index (χ1) is 9.15. The molecule has 0 aromatic carbocycles. The lowest BCUT2D eigenvalue weighted by atomic mass is 10.1. The molecule has 0 unspecified atom stereocenters. The highest BCUT2D eigenvalue weighted by Crippen LogP contribution is 2.49. The maximum Gasteiger partial charge on any atom is 0.224 e. The standard InChI is InChI=1S/C13H22N2O3S/c16-11(9-13(10-19)2-3-13)14-4-1-12(17)15-5-7-18-8-6-15/h19H,1-10H2,(H,14,16). The van der Waals surface area contributed by atoms with Crippen LogP contribution in [0.1, 0.15) is 25.7 Å². The van der Waals surface area contributed by atoms with Crippen molar-refractivity contribution in [3.05, 3.63) is 0 Å². The summed E-state index contributed by atoms with van der Waals surface area (Å²) in [4.78, 5) is 25.4. The first kappa shape index (κ1) is 14.7. The van der Waals surface area contributed by atoms with Crippen LogP contribution in [0.4, 0.5) is 0 Å². The molecular formula is C13H22N2O3S. The molecule has 5 nitrogen and oxygen atoms in total. The number of amides is 2. The van der Waals surface area contributed by atoms with Crippen LogP contribution >= 0.6 is 12.6 Å². The maximum absolute atomic E-state index is 11.8. The number of ether oxygens (including phenoxy) is 1. The Kier molecular flexibility index (Phi) is 5.10. The third kappa shape index (κ3) is 4.38. The summed E-state index contributed by atoms with van der Waals surface area (Å²) in [6, 6.07) is 0. The Morgan fingerprint density at radius 2 is 1.95 bits per heavy atom. The fourth-order valence-electron chi connectivity index (χ4n) is 2.25. The van der Waals surface area contributed by atoms with Crippen molar-refractivity contribution in [3.8, 4) is 0 Å². The Morgan fingerprint density at radius 3 is 2.53 bits per heavy atom. The van der Waals surface area contributed by atoms with Crippen molar-refractivity contribution < 1.29 is 14.3 Å². The Morgan fingerprint density at radius 1 is 1.26 bits per heavy atom. The van der Waals surface area contributed by atoms with Gasteiger partial charge in [0.15, 0.2) is 0 Å². The average molecular weight is 286 g/mol. The molecule has 0 spiro atoms. The fraction of sp³-hybridized carbons (Fsp3) is 0.846. The highest BCUT2D eigenvalue weighted by atomic mass is 32.1. The topological polar surface area (TPSA) is 58.6 Å². The highest BCUT2D eigenvalue weighted by Gasteiger charge is 2.42. The van der Waals surface area contributed by atoms with E-state index in [9.17, 15) is 9.59 Å². The second-order valence-electron chi connectivity index (χ2n) is 5.43. The van der Waals surface area contributed by atoms with Crippen LogP contribution in [0, 0.1) is 5.41 Å². The van der Waals surface area contributed by atoms with Gasteiger partial charge in [-0.15, -0.1) is 0 Å². The summed E-state index contributed by atoms with van der Waals surface area (Å²) in [5.74, 6) is 0.910. The Bertz CT molecular complexity index is 339. The number of carbonyl (C=O) groups is 2. The number of nitrogens with one attached hydrogen (secondary N) is 1. The first-order valence-corrected chi connectivity index (χ1v) is 7.52. The third-order valence-electron chi connectivity index (χ3n) is 3.85. The van der Waals surface area contributed by atoms with Gasteiger partial charge in [-0.05, 0) is 24.0 Å². The largest absolute Gasteiger partial charge is 0.378 e. The van der Waals surface area contributed by atoms with Crippen LogP contribution in [-0.2, 0) is 14.3 Å². The van der Waals surface area contributed by atoms with Gasteiger partial charge in [0.05, 0.1) is 13.2 Å². The molecule has 1 aliphatic carbocycles. The zero-order valence-corrected chi connectivity index (χ0v) is 12.1. The van der Waals surface area contributed by atoms with Gasteiger partial charge in [-0.2, -0.15) is 12.6 Å². The van der Waals surface area contributed by atoms with Crippen molar-refractivity contribution in [3.63, 3.8) is 0 Å². The average Bonchev–Trinajstić information content (AvgIpc) is 3.20. The molecule has 1 saturated heterocycles. The smallest absolute Gasteiger partial charge is 0.224 e. The molecule has 108 valence electrons. The van der Waals surface area contributed by atoms with E-state index in [4.69, 9.17) is 4.74 Å². The minimum absolute atomic E-state index is 0.0429. The van der Waals surface area contributed by atoms with Crippen molar-refractivity contribution in [1.29, 1.82) is 0 Å². The summed E-state index contributed by atoms with van der Waals surface area (Å²) in [6.07, 6.45) is 3.11. The summed E-state index contributed by atoms with van der Waals surface area (Å²) >= 11 is 4.28. The molecule has 6 heteroatoms. The van der Waals surface area contributed by atoms with Gasteiger partial charge in [-0.25, -0.2) is 0 Å². The van der Waals surface area contributed by atoms with E-state index >= 15 is 0 Å². The van der Waals surface area contributed by atoms with Gasteiger partial charge in [0, 0.05) is 32.5 Å². The quantitative estimate of drug-likeness (QED) is 0.697. The van der Waals surface area contributed by atoms with Crippen LogP contribution in [0.5, 0.6) is 0 Å². The van der Waals surface area contributed by atoms with E-state index in [1.807, 2.05) is 0 Å². The van der Waals surface area contributed by atoms with E-state index in [0.717, 1.165) is 18.6 Å². The second-order valence-corrected chi connectivity index (χ2v) is 5.74. The lowest BCUT2D eigenvalue weighted by molar-refractivity contribution is -0.135. The lowest BCUT2D eigenvalue weighted by Gasteiger charge is -2.26. The molecule has 0 radical (unpaired) electrons. The minimum Gasteiger partial charge on any atom is -0.378 e. The zero-order valence-electron chi connectivity index (χ0n) is 11.2. The number of thiol groups is 1. The van der Waals surface area contributed by atoms with E-state index < -0.39 is 0 Å². The van der Waals surface area contributed by atoms with Gasteiger partial charge in [0.25, 0.3) is 0 Å². The van der Waals surface area contributed by atoms with Gasteiger partial charge in [0.2, 0.25) is 11.8 Å². The van der Waals surface area contributed by atoms with Crippen molar-refractivity contribution in [1.82, 2.24) is 10.2 Å². The van der Waals surface area contributed by atoms with Crippen molar-refractivity contribution in [2.24, 2.45) is 5.41 Å². The summed E-state index contributed by atoms with van der Waals surface area (Å²) in [6.45, 7) is 2.98.